The van der Waals surface area contributed by atoms with Crippen LogP contribution in [0.4, 0.5) is 32.0 Å². The largest absolute Gasteiger partial charge is 0.481 e. The highest BCUT2D eigenvalue weighted by Crippen LogP contribution is 2.42. The van der Waals surface area contributed by atoms with Crippen LogP contribution in [-0.2, 0) is 20.9 Å². The summed E-state index contributed by atoms with van der Waals surface area (Å²) in [6.07, 6.45) is -12.1. The molecule has 0 radical (unpaired) electrons. The maximum absolute atomic E-state index is 12.7. The first-order valence-electron chi connectivity index (χ1n) is 13.2. The number of carboxylic acid groups (broad SMARTS) is 1. The summed E-state index contributed by atoms with van der Waals surface area (Å²) in [4.78, 5) is 29.4. The number of ether oxygens (including phenoxy) is 1. The molecule has 1 aromatic carbocycles. The third-order valence-electron chi connectivity index (χ3n) is 8.29. The molecule has 0 atom stereocenters. The lowest BCUT2D eigenvalue weighted by Crippen LogP contribution is -2.48. The van der Waals surface area contributed by atoms with E-state index < -0.39 is 36.9 Å². The predicted octanol–water partition coefficient (Wildman–Crippen LogP) is 4.97. The van der Waals surface area contributed by atoms with Crippen LogP contribution < -0.4 is 4.90 Å². The molecule has 14 heteroatoms. The minimum atomic E-state index is -5.66. The number of amides is 1. The molecular formula is C26H32ClF6N3O4. The molecule has 3 heterocycles. The molecule has 1 spiro atoms. The lowest BCUT2D eigenvalue weighted by Gasteiger charge is -2.39. The number of nitrogens with zero attached hydrogens (tertiary/aromatic N) is 3. The first kappa shape index (κ1) is 30.7. The molecule has 0 unspecified atom stereocenters. The van der Waals surface area contributed by atoms with Crippen molar-refractivity contribution in [3.63, 3.8) is 0 Å². The van der Waals surface area contributed by atoms with Gasteiger partial charge in [-0.2, -0.15) is 26.3 Å². The van der Waals surface area contributed by atoms with Crippen LogP contribution in [0.2, 0.25) is 5.02 Å². The van der Waals surface area contributed by atoms with E-state index in [9.17, 15) is 41.0 Å². The third-order valence-corrected chi connectivity index (χ3v) is 8.52. The number of hydrogen-bond donors (Lipinski definition) is 1. The van der Waals surface area contributed by atoms with Gasteiger partial charge < -0.3 is 19.6 Å². The zero-order valence-electron chi connectivity index (χ0n) is 21.7. The van der Waals surface area contributed by atoms with Crippen molar-refractivity contribution < 1.29 is 45.8 Å². The molecule has 7 nitrogen and oxygen atoms in total. The van der Waals surface area contributed by atoms with Crippen molar-refractivity contribution in [1.82, 2.24) is 9.80 Å². The highest BCUT2D eigenvalue weighted by atomic mass is 35.5. The Morgan fingerprint density at radius 1 is 1.00 bits per heavy atom. The Kier molecular flexibility index (Phi) is 9.16. The van der Waals surface area contributed by atoms with Gasteiger partial charge in [-0.05, 0) is 61.8 Å². The van der Waals surface area contributed by atoms with Gasteiger partial charge in [0.25, 0.3) is 0 Å². The first-order valence-corrected chi connectivity index (χ1v) is 13.6. The molecule has 0 bridgehead atoms. The zero-order chi connectivity index (χ0) is 29.3. The van der Waals surface area contributed by atoms with Crippen LogP contribution in [0, 0.1) is 11.3 Å². The SMILES string of the molecule is O=C(O)C1CCN(c2cc(Cl)ccc2CN2CCC3(CCN(C(=O)COC(C(F)(F)F)C(F)(F)F)CC3)C2)CC1. The van der Waals surface area contributed by atoms with Crippen molar-refractivity contribution in [2.45, 2.75) is 57.1 Å². The van der Waals surface area contributed by atoms with Crippen LogP contribution in [-0.4, -0.2) is 91.1 Å². The average molecular weight is 600 g/mol. The number of rotatable bonds is 7. The Hall–Kier alpha value is -2.25. The summed E-state index contributed by atoms with van der Waals surface area (Å²) in [5, 5.41) is 9.89. The molecule has 40 heavy (non-hydrogen) atoms. The van der Waals surface area contributed by atoms with Gasteiger partial charge in [0.1, 0.15) is 6.61 Å². The number of hydrogen-bond acceptors (Lipinski definition) is 5. The molecule has 3 saturated heterocycles. The lowest BCUT2D eigenvalue weighted by atomic mass is 9.78. The highest BCUT2D eigenvalue weighted by molar-refractivity contribution is 6.30. The number of carbonyl (C=O) groups excluding carboxylic acids is 1. The average Bonchev–Trinajstić information content (AvgIpc) is 3.25. The van der Waals surface area contributed by atoms with E-state index in [1.165, 1.54) is 4.90 Å². The molecule has 1 amide bonds. The van der Waals surface area contributed by atoms with Gasteiger partial charge in [-0.15, -0.1) is 0 Å². The van der Waals surface area contributed by atoms with E-state index in [2.05, 4.69) is 14.5 Å². The number of benzene rings is 1. The summed E-state index contributed by atoms with van der Waals surface area (Å²) in [7, 11) is 0. The van der Waals surface area contributed by atoms with Crippen LogP contribution in [0.3, 0.4) is 0 Å². The molecule has 0 aliphatic carbocycles. The van der Waals surface area contributed by atoms with E-state index in [1.54, 1.807) is 0 Å². The zero-order valence-corrected chi connectivity index (χ0v) is 22.5. The van der Waals surface area contributed by atoms with Crippen molar-refractivity contribution in [2.75, 3.05) is 50.8 Å². The van der Waals surface area contributed by atoms with Crippen LogP contribution in [0.15, 0.2) is 18.2 Å². The van der Waals surface area contributed by atoms with Crippen LogP contribution in [0.1, 0.15) is 37.7 Å². The second-order valence-electron chi connectivity index (χ2n) is 11.0. The van der Waals surface area contributed by atoms with Crippen molar-refractivity contribution in [3.8, 4) is 0 Å². The molecule has 4 rings (SSSR count). The molecule has 1 N–H and O–H groups in total. The lowest BCUT2D eigenvalue weighted by molar-refractivity contribution is -0.320. The number of carboxylic acids is 1. The molecule has 224 valence electrons. The normalized spacial score (nSPS) is 21.0. The molecule has 3 aliphatic rings. The second kappa shape index (κ2) is 11.9. The number of halogens is 7. The van der Waals surface area contributed by atoms with Crippen molar-refractivity contribution in [3.05, 3.63) is 28.8 Å². The van der Waals surface area contributed by atoms with Gasteiger partial charge in [0.2, 0.25) is 12.0 Å². The predicted molar refractivity (Wildman–Crippen MR) is 134 cm³/mol. The van der Waals surface area contributed by atoms with E-state index >= 15 is 0 Å². The summed E-state index contributed by atoms with van der Waals surface area (Å²) in [5.41, 5.74) is 1.96. The molecule has 3 aliphatic heterocycles. The molecule has 3 fully saturated rings. The minimum absolute atomic E-state index is 0.0927. The summed E-state index contributed by atoms with van der Waals surface area (Å²) in [6.45, 7) is 2.64. The van der Waals surface area contributed by atoms with Gasteiger partial charge in [0.05, 0.1) is 5.92 Å². The quantitative estimate of drug-likeness (QED) is 0.447. The fraction of sp³-hybridized carbons (Fsp3) is 0.692. The van der Waals surface area contributed by atoms with Gasteiger partial charge in [0, 0.05) is 50.0 Å². The summed E-state index contributed by atoms with van der Waals surface area (Å²) in [5.74, 6) is -2.02. The van der Waals surface area contributed by atoms with Gasteiger partial charge in [-0.3, -0.25) is 14.5 Å². The number of anilines is 1. The van der Waals surface area contributed by atoms with Gasteiger partial charge in [-0.25, -0.2) is 0 Å². The number of alkyl halides is 6. The van der Waals surface area contributed by atoms with Gasteiger partial charge >= 0.3 is 18.3 Å². The summed E-state index contributed by atoms with van der Waals surface area (Å²) in [6, 6.07) is 5.70. The molecular weight excluding hydrogens is 568 g/mol. The van der Waals surface area contributed by atoms with Crippen LogP contribution >= 0.6 is 11.6 Å². The Morgan fingerprint density at radius 2 is 1.60 bits per heavy atom. The fourth-order valence-corrected chi connectivity index (χ4v) is 6.16. The maximum Gasteiger partial charge on any atom is 0.423 e. The Balaban J connectivity index is 1.30. The van der Waals surface area contributed by atoms with E-state index in [1.807, 2.05) is 18.2 Å². The number of aliphatic carboxylic acids is 1. The molecule has 0 aromatic heterocycles. The smallest absolute Gasteiger partial charge is 0.423 e. The summed E-state index contributed by atoms with van der Waals surface area (Å²) < 4.78 is 80.1. The van der Waals surface area contributed by atoms with Crippen LogP contribution in [0.25, 0.3) is 0 Å². The fourth-order valence-electron chi connectivity index (χ4n) is 6.00. The Labute approximate surface area is 233 Å². The number of likely N-dealkylation sites (tertiary alicyclic amines) is 2. The van der Waals surface area contributed by atoms with Crippen LogP contribution in [0.5, 0.6) is 0 Å². The molecule has 0 saturated carbocycles. The van der Waals surface area contributed by atoms with Crippen molar-refractivity contribution >= 4 is 29.2 Å². The van der Waals surface area contributed by atoms with E-state index in [0.29, 0.717) is 50.3 Å². The van der Waals surface area contributed by atoms with E-state index in [0.717, 1.165) is 30.8 Å². The van der Waals surface area contributed by atoms with Gasteiger partial charge in [0.15, 0.2) is 0 Å². The monoisotopic (exact) mass is 599 g/mol. The number of piperidine rings is 2. The standard InChI is InChI=1S/C26H32ClF6N3O4/c27-19-2-1-18(20(13-19)35-8-3-17(4-9-35)22(38)39)14-34-10-5-24(16-34)6-11-36(12-7-24)21(37)15-40-23(25(28,29)30)26(31,32)33/h1-2,13,17,23H,3-12,14-16H2,(H,38,39). The Bertz CT molecular complexity index is 1060. The summed E-state index contributed by atoms with van der Waals surface area (Å²) >= 11 is 6.28. The van der Waals surface area contributed by atoms with Crippen molar-refractivity contribution in [1.29, 1.82) is 0 Å². The molecule has 1 aromatic rings. The highest BCUT2D eigenvalue weighted by Gasteiger charge is 2.58. The van der Waals surface area contributed by atoms with Gasteiger partial charge in [-0.1, -0.05) is 17.7 Å². The Morgan fingerprint density at radius 3 is 2.17 bits per heavy atom. The topological polar surface area (TPSA) is 73.3 Å². The van der Waals surface area contributed by atoms with E-state index in [4.69, 9.17) is 11.6 Å². The third kappa shape index (κ3) is 7.33. The van der Waals surface area contributed by atoms with E-state index in [-0.39, 0.29) is 24.4 Å². The second-order valence-corrected chi connectivity index (χ2v) is 11.4. The van der Waals surface area contributed by atoms with Crippen molar-refractivity contribution in [2.24, 2.45) is 11.3 Å². The minimum Gasteiger partial charge on any atom is -0.481 e. The number of carbonyl (C=O) groups is 2. The maximum atomic E-state index is 12.7. The first-order chi connectivity index (χ1) is 18.7.